The molecule has 0 spiro atoms. The van der Waals surface area contributed by atoms with E-state index in [1.165, 1.54) is 11.8 Å². The van der Waals surface area contributed by atoms with Gasteiger partial charge in [-0.25, -0.2) is 0 Å². The lowest BCUT2D eigenvalue weighted by Crippen LogP contribution is -2.34. The van der Waals surface area contributed by atoms with Crippen LogP contribution in [0.2, 0.25) is 10.0 Å². The molecule has 0 heterocycles. The molecule has 0 aliphatic rings. The minimum absolute atomic E-state index is 0.0673. The van der Waals surface area contributed by atoms with Gasteiger partial charge in [-0.1, -0.05) is 29.3 Å². The quantitative estimate of drug-likeness (QED) is 0.620. The van der Waals surface area contributed by atoms with Crippen molar-refractivity contribution < 1.29 is 9.90 Å². The Morgan fingerprint density at radius 1 is 1.47 bits per heavy atom. The minimum atomic E-state index is -0.0741. The van der Waals surface area contributed by atoms with E-state index in [2.05, 4.69) is 6.58 Å². The number of amides is 1. The number of benzene rings is 1. The highest BCUT2D eigenvalue weighted by Gasteiger charge is 2.13. The molecule has 0 saturated heterocycles. The molecule has 0 saturated carbocycles. The lowest BCUT2D eigenvalue weighted by atomic mass is 10.4. The predicted molar refractivity (Wildman–Crippen MR) is 81.0 cm³/mol. The SMILES string of the molecule is C=CCN(CCO)C(=O)CSc1cc(Cl)ccc1Cl. The second kappa shape index (κ2) is 8.48. The van der Waals surface area contributed by atoms with Gasteiger partial charge in [0.15, 0.2) is 0 Å². The fourth-order valence-electron chi connectivity index (χ4n) is 1.41. The number of carbonyl (C=O) groups is 1. The third-order valence-corrected chi connectivity index (χ3v) is 4.03. The van der Waals surface area contributed by atoms with E-state index in [1.54, 1.807) is 29.2 Å². The van der Waals surface area contributed by atoms with Gasteiger partial charge in [-0.3, -0.25) is 4.79 Å². The van der Waals surface area contributed by atoms with Crippen LogP contribution in [0.15, 0.2) is 35.7 Å². The van der Waals surface area contributed by atoms with Crippen LogP contribution in [-0.2, 0) is 4.79 Å². The van der Waals surface area contributed by atoms with Crippen molar-refractivity contribution in [3.05, 3.63) is 40.9 Å². The van der Waals surface area contributed by atoms with Gasteiger partial charge in [0.1, 0.15) is 0 Å². The summed E-state index contributed by atoms with van der Waals surface area (Å²) in [5.41, 5.74) is 0. The number of carbonyl (C=O) groups excluding carboxylic acids is 1. The largest absolute Gasteiger partial charge is 0.395 e. The zero-order chi connectivity index (χ0) is 14.3. The van der Waals surface area contributed by atoms with Crippen molar-refractivity contribution >= 4 is 40.9 Å². The maximum absolute atomic E-state index is 12.0. The lowest BCUT2D eigenvalue weighted by Gasteiger charge is -2.19. The Morgan fingerprint density at radius 3 is 2.84 bits per heavy atom. The van der Waals surface area contributed by atoms with E-state index in [-0.39, 0.29) is 18.3 Å². The fraction of sp³-hybridized carbons (Fsp3) is 0.308. The molecule has 0 atom stereocenters. The van der Waals surface area contributed by atoms with Crippen LogP contribution in [0.4, 0.5) is 0 Å². The van der Waals surface area contributed by atoms with E-state index >= 15 is 0 Å². The Kier molecular flexibility index (Phi) is 7.31. The van der Waals surface area contributed by atoms with Gasteiger partial charge in [0.25, 0.3) is 0 Å². The Bertz CT molecular complexity index is 454. The minimum Gasteiger partial charge on any atom is -0.395 e. The van der Waals surface area contributed by atoms with E-state index in [9.17, 15) is 4.79 Å². The van der Waals surface area contributed by atoms with Crippen LogP contribution in [0.1, 0.15) is 0 Å². The van der Waals surface area contributed by atoms with Crippen molar-refractivity contribution in [3.8, 4) is 0 Å². The van der Waals surface area contributed by atoms with E-state index in [1.807, 2.05) is 0 Å². The molecule has 1 N–H and O–H groups in total. The number of rotatable bonds is 7. The molecule has 0 unspecified atom stereocenters. The van der Waals surface area contributed by atoms with Crippen molar-refractivity contribution in [2.24, 2.45) is 0 Å². The molecule has 0 aliphatic carbocycles. The first kappa shape index (κ1) is 16.4. The first-order valence-electron chi connectivity index (χ1n) is 5.66. The van der Waals surface area contributed by atoms with Crippen molar-refractivity contribution in [3.63, 3.8) is 0 Å². The standard InChI is InChI=1S/C13H15Cl2NO2S/c1-2-5-16(6-7-17)13(18)9-19-12-8-10(14)3-4-11(12)15/h2-4,8,17H,1,5-7,9H2. The number of hydrogen-bond acceptors (Lipinski definition) is 3. The average Bonchev–Trinajstić information content (AvgIpc) is 2.39. The van der Waals surface area contributed by atoms with Crippen LogP contribution >= 0.6 is 35.0 Å². The van der Waals surface area contributed by atoms with Crippen LogP contribution in [0.25, 0.3) is 0 Å². The first-order chi connectivity index (χ1) is 9.08. The topological polar surface area (TPSA) is 40.5 Å². The van der Waals surface area contributed by atoms with E-state index in [0.717, 1.165) is 4.90 Å². The van der Waals surface area contributed by atoms with Crippen LogP contribution in [0.5, 0.6) is 0 Å². The number of aliphatic hydroxyl groups is 1. The fourth-order valence-corrected chi connectivity index (χ4v) is 2.81. The molecule has 104 valence electrons. The van der Waals surface area contributed by atoms with Gasteiger partial charge >= 0.3 is 0 Å². The molecule has 0 radical (unpaired) electrons. The monoisotopic (exact) mass is 319 g/mol. The van der Waals surface area contributed by atoms with E-state index in [4.69, 9.17) is 28.3 Å². The van der Waals surface area contributed by atoms with Crippen molar-refractivity contribution in [1.29, 1.82) is 0 Å². The molecule has 1 aromatic rings. The van der Waals surface area contributed by atoms with Crippen LogP contribution in [-0.4, -0.2) is 41.4 Å². The van der Waals surface area contributed by atoms with Gasteiger partial charge in [0.05, 0.1) is 17.4 Å². The molecule has 1 amide bonds. The number of nitrogens with zero attached hydrogens (tertiary/aromatic N) is 1. The molecule has 19 heavy (non-hydrogen) atoms. The average molecular weight is 320 g/mol. The number of hydrogen-bond donors (Lipinski definition) is 1. The van der Waals surface area contributed by atoms with Crippen molar-refractivity contribution in [2.45, 2.75) is 4.90 Å². The second-order valence-electron chi connectivity index (χ2n) is 3.72. The third kappa shape index (κ3) is 5.45. The Morgan fingerprint density at radius 2 is 2.21 bits per heavy atom. The Hall–Kier alpha value is -0.680. The highest BCUT2D eigenvalue weighted by Crippen LogP contribution is 2.29. The highest BCUT2D eigenvalue weighted by atomic mass is 35.5. The van der Waals surface area contributed by atoms with E-state index in [0.29, 0.717) is 23.1 Å². The summed E-state index contributed by atoms with van der Waals surface area (Å²) < 4.78 is 0. The second-order valence-corrected chi connectivity index (χ2v) is 5.58. The highest BCUT2D eigenvalue weighted by molar-refractivity contribution is 8.00. The van der Waals surface area contributed by atoms with Crippen LogP contribution < -0.4 is 0 Å². The first-order valence-corrected chi connectivity index (χ1v) is 7.40. The van der Waals surface area contributed by atoms with Crippen molar-refractivity contribution in [1.82, 2.24) is 4.90 Å². The zero-order valence-corrected chi connectivity index (χ0v) is 12.6. The molecular weight excluding hydrogens is 305 g/mol. The Balaban J connectivity index is 2.61. The van der Waals surface area contributed by atoms with Crippen LogP contribution in [0.3, 0.4) is 0 Å². The molecule has 1 rings (SSSR count). The third-order valence-electron chi connectivity index (χ3n) is 2.32. The predicted octanol–water partition coefficient (Wildman–Crippen LogP) is 3.09. The summed E-state index contributed by atoms with van der Waals surface area (Å²) in [6.45, 7) is 4.24. The van der Waals surface area contributed by atoms with Crippen molar-refractivity contribution in [2.75, 3.05) is 25.4 Å². The summed E-state index contributed by atoms with van der Waals surface area (Å²) in [5, 5.41) is 10.1. The van der Waals surface area contributed by atoms with E-state index < -0.39 is 0 Å². The number of halogens is 2. The maximum Gasteiger partial charge on any atom is 0.233 e. The summed E-state index contributed by atoms with van der Waals surface area (Å²) in [7, 11) is 0. The summed E-state index contributed by atoms with van der Waals surface area (Å²) in [6, 6.07) is 5.13. The normalized spacial score (nSPS) is 10.3. The lowest BCUT2D eigenvalue weighted by molar-refractivity contribution is -0.128. The zero-order valence-electron chi connectivity index (χ0n) is 10.3. The molecule has 1 aromatic carbocycles. The molecule has 0 aromatic heterocycles. The van der Waals surface area contributed by atoms with Gasteiger partial charge < -0.3 is 10.0 Å². The Labute approximate surface area is 127 Å². The summed E-state index contributed by atoms with van der Waals surface area (Å²) in [6.07, 6.45) is 1.63. The summed E-state index contributed by atoms with van der Waals surface area (Å²) >= 11 is 13.2. The maximum atomic E-state index is 12.0. The van der Waals surface area contributed by atoms with Crippen LogP contribution in [0, 0.1) is 0 Å². The molecule has 0 aliphatic heterocycles. The van der Waals surface area contributed by atoms with Gasteiger partial charge in [0, 0.05) is 23.0 Å². The molecular formula is C13H15Cl2NO2S. The van der Waals surface area contributed by atoms with Gasteiger partial charge in [-0.05, 0) is 18.2 Å². The van der Waals surface area contributed by atoms with Gasteiger partial charge in [-0.15, -0.1) is 18.3 Å². The van der Waals surface area contributed by atoms with Gasteiger partial charge in [0.2, 0.25) is 5.91 Å². The molecule has 0 bridgehead atoms. The smallest absolute Gasteiger partial charge is 0.233 e. The molecule has 6 heteroatoms. The van der Waals surface area contributed by atoms with Gasteiger partial charge in [-0.2, -0.15) is 0 Å². The molecule has 0 fully saturated rings. The number of aliphatic hydroxyl groups excluding tert-OH is 1. The summed E-state index contributed by atoms with van der Waals surface area (Å²) in [4.78, 5) is 14.3. The molecule has 3 nitrogen and oxygen atoms in total. The summed E-state index contributed by atoms with van der Waals surface area (Å²) in [5.74, 6) is 0.170. The number of thioether (sulfide) groups is 1.